The first-order valence-corrected chi connectivity index (χ1v) is 9.44. The Balaban J connectivity index is 1.37. The number of carbonyl (C=O) groups is 2. The molecule has 9 heteroatoms. The highest BCUT2D eigenvalue weighted by molar-refractivity contribution is 5.94. The highest BCUT2D eigenvalue weighted by atomic mass is 16.2. The van der Waals surface area contributed by atoms with Crippen LogP contribution in [0.1, 0.15) is 12.8 Å². The van der Waals surface area contributed by atoms with Crippen molar-refractivity contribution < 1.29 is 9.59 Å². The molecule has 3 aromatic rings. The summed E-state index contributed by atoms with van der Waals surface area (Å²) in [5.41, 5.74) is 2.15. The van der Waals surface area contributed by atoms with Gasteiger partial charge in [-0.3, -0.25) is 4.79 Å². The Morgan fingerprint density at radius 3 is 2.62 bits per heavy atom. The molecule has 1 aliphatic rings. The maximum atomic E-state index is 12.8. The first-order chi connectivity index (χ1) is 14.2. The van der Waals surface area contributed by atoms with Crippen LogP contribution < -0.4 is 10.6 Å². The van der Waals surface area contributed by atoms with Gasteiger partial charge < -0.3 is 15.5 Å². The molecule has 1 saturated heterocycles. The molecule has 2 N–H and O–H groups in total. The summed E-state index contributed by atoms with van der Waals surface area (Å²) in [6.07, 6.45) is 3.02. The van der Waals surface area contributed by atoms with Gasteiger partial charge in [0.15, 0.2) is 0 Å². The summed E-state index contributed by atoms with van der Waals surface area (Å²) in [4.78, 5) is 27.0. The van der Waals surface area contributed by atoms with Gasteiger partial charge in [-0.2, -0.15) is 0 Å². The van der Waals surface area contributed by atoms with Crippen LogP contribution in [0.25, 0.3) is 5.69 Å². The SMILES string of the molecule is O=C(Nc1cccc(-n2cnnn2)c1)C1CCCN(C(=O)Nc2ccccc2)C1. The highest BCUT2D eigenvalue weighted by Crippen LogP contribution is 2.21. The number of rotatable bonds is 4. The molecule has 1 aliphatic heterocycles. The second kappa shape index (κ2) is 8.51. The molecule has 0 bridgehead atoms. The Morgan fingerprint density at radius 2 is 1.83 bits per heavy atom. The summed E-state index contributed by atoms with van der Waals surface area (Å²) < 4.78 is 1.52. The first-order valence-electron chi connectivity index (χ1n) is 9.44. The zero-order valence-corrected chi connectivity index (χ0v) is 15.7. The van der Waals surface area contributed by atoms with Gasteiger partial charge in [0.25, 0.3) is 0 Å². The Kier molecular flexibility index (Phi) is 5.46. The van der Waals surface area contributed by atoms with Crippen LogP contribution in [0.3, 0.4) is 0 Å². The second-order valence-corrected chi connectivity index (χ2v) is 6.88. The first kappa shape index (κ1) is 18.6. The maximum Gasteiger partial charge on any atom is 0.321 e. The van der Waals surface area contributed by atoms with E-state index in [1.54, 1.807) is 11.0 Å². The van der Waals surface area contributed by atoms with Gasteiger partial charge in [-0.25, -0.2) is 9.48 Å². The van der Waals surface area contributed by atoms with Gasteiger partial charge in [-0.05, 0) is 53.6 Å². The molecule has 0 aliphatic carbocycles. The van der Waals surface area contributed by atoms with E-state index >= 15 is 0 Å². The zero-order valence-electron chi connectivity index (χ0n) is 15.7. The smallest absolute Gasteiger partial charge is 0.321 e. The van der Waals surface area contributed by atoms with Gasteiger partial charge in [0.05, 0.1) is 11.6 Å². The standard InChI is InChI=1S/C20H21N7O2/c28-19(22-17-9-4-10-18(12-17)27-14-21-24-25-27)15-6-5-11-26(13-15)20(29)23-16-7-2-1-3-8-16/h1-4,7-10,12,14-15H,5-6,11,13H2,(H,22,28)(H,23,29). The second-order valence-electron chi connectivity index (χ2n) is 6.88. The lowest BCUT2D eigenvalue weighted by atomic mass is 9.97. The van der Waals surface area contributed by atoms with Gasteiger partial charge in [-0.1, -0.05) is 24.3 Å². The number of piperidine rings is 1. The minimum Gasteiger partial charge on any atom is -0.326 e. The largest absolute Gasteiger partial charge is 0.326 e. The third-order valence-corrected chi connectivity index (χ3v) is 4.83. The van der Waals surface area contributed by atoms with E-state index in [0.29, 0.717) is 18.8 Å². The van der Waals surface area contributed by atoms with Crippen molar-refractivity contribution in [3.05, 3.63) is 60.9 Å². The number of carbonyl (C=O) groups excluding carboxylic acids is 2. The average Bonchev–Trinajstić information content (AvgIpc) is 3.30. The molecule has 3 amide bonds. The Morgan fingerprint density at radius 1 is 1.00 bits per heavy atom. The molecule has 0 spiro atoms. The van der Waals surface area contributed by atoms with Crippen molar-refractivity contribution in [3.8, 4) is 5.69 Å². The number of urea groups is 1. The molecule has 29 heavy (non-hydrogen) atoms. The number of hydrogen-bond donors (Lipinski definition) is 2. The molecule has 1 unspecified atom stereocenters. The number of anilines is 2. The lowest BCUT2D eigenvalue weighted by Gasteiger charge is -2.32. The van der Waals surface area contributed by atoms with Crippen molar-refractivity contribution in [2.24, 2.45) is 5.92 Å². The van der Waals surface area contributed by atoms with E-state index in [9.17, 15) is 9.59 Å². The van der Waals surface area contributed by atoms with E-state index in [-0.39, 0.29) is 17.9 Å². The molecule has 0 saturated carbocycles. The number of tetrazole rings is 1. The van der Waals surface area contributed by atoms with Gasteiger partial charge in [0.1, 0.15) is 6.33 Å². The van der Waals surface area contributed by atoms with E-state index < -0.39 is 0 Å². The van der Waals surface area contributed by atoms with Crippen molar-refractivity contribution in [1.29, 1.82) is 0 Å². The normalized spacial score (nSPS) is 16.3. The molecule has 2 heterocycles. The van der Waals surface area contributed by atoms with E-state index in [1.165, 1.54) is 11.0 Å². The van der Waals surface area contributed by atoms with Crippen molar-refractivity contribution >= 4 is 23.3 Å². The van der Waals surface area contributed by atoms with Crippen LogP contribution in [0.5, 0.6) is 0 Å². The van der Waals surface area contributed by atoms with Crippen LogP contribution in [-0.4, -0.2) is 50.1 Å². The predicted octanol–water partition coefficient (Wildman–Crippen LogP) is 2.54. The highest BCUT2D eigenvalue weighted by Gasteiger charge is 2.28. The maximum absolute atomic E-state index is 12.8. The number of amides is 3. The predicted molar refractivity (Wildman–Crippen MR) is 108 cm³/mol. The molecule has 1 atom stereocenters. The van der Waals surface area contributed by atoms with Gasteiger partial charge >= 0.3 is 6.03 Å². The summed E-state index contributed by atoms with van der Waals surface area (Å²) in [7, 11) is 0. The molecular weight excluding hydrogens is 370 g/mol. The lowest BCUT2D eigenvalue weighted by Crippen LogP contribution is -2.45. The van der Waals surface area contributed by atoms with Crippen molar-refractivity contribution in [1.82, 2.24) is 25.1 Å². The molecule has 1 aromatic heterocycles. The molecule has 2 aromatic carbocycles. The third-order valence-electron chi connectivity index (χ3n) is 4.83. The summed E-state index contributed by atoms with van der Waals surface area (Å²) in [6.45, 7) is 1.02. The molecule has 1 fully saturated rings. The Labute approximate surface area is 167 Å². The van der Waals surface area contributed by atoms with Gasteiger partial charge in [-0.15, -0.1) is 5.10 Å². The monoisotopic (exact) mass is 391 g/mol. The number of hydrogen-bond acceptors (Lipinski definition) is 5. The quantitative estimate of drug-likeness (QED) is 0.711. The minimum absolute atomic E-state index is 0.101. The van der Waals surface area contributed by atoms with Crippen LogP contribution in [0.2, 0.25) is 0 Å². The molecule has 4 rings (SSSR count). The summed E-state index contributed by atoms with van der Waals surface area (Å²) >= 11 is 0. The minimum atomic E-state index is -0.262. The van der Waals surface area contributed by atoms with Gasteiger partial charge in [0, 0.05) is 24.5 Å². The van der Waals surface area contributed by atoms with Crippen LogP contribution in [0.4, 0.5) is 16.2 Å². The van der Waals surface area contributed by atoms with E-state index in [0.717, 1.165) is 24.2 Å². The number of nitrogens with zero attached hydrogens (tertiary/aromatic N) is 5. The fourth-order valence-corrected chi connectivity index (χ4v) is 3.35. The molecule has 9 nitrogen and oxygen atoms in total. The summed E-state index contributed by atoms with van der Waals surface area (Å²) in [5, 5.41) is 16.9. The fraction of sp³-hybridized carbons (Fsp3) is 0.250. The third kappa shape index (κ3) is 4.57. The van der Waals surface area contributed by atoms with Gasteiger partial charge in [0.2, 0.25) is 5.91 Å². The Bertz CT molecular complexity index is 976. The van der Waals surface area contributed by atoms with Crippen LogP contribution in [-0.2, 0) is 4.79 Å². The van der Waals surface area contributed by atoms with E-state index in [1.807, 2.05) is 48.5 Å². The van der Waals surface area contributed by atoms with Crippen LogP contribution in [0.15, 0.2) is 60.9 Å². The summed E-state index contributed by atoms with van der Waals surface area (Å²) in [5.74, 6) is -0.363. The van der Waals surface area contributed by atoms with E-state index in [4.69, 9.17) is 0 Å². The number of benzene rings is 2. The van der Waals surface area contributed by atoms with E-state index in [2.05, 4.69) is 26.2 Å². The van der Waals surface area contributed by atoms with Crippen molar-refractivity contribution in [2.45, 2.75) is 12.8 Å². The Hall–Kier alpha value is -3.75. The fourth-order valence-electron chi connectivity index (χ4n) is 3.35. The number of likely N-dealkylation sites (tertiary alicyclic amines) is 1. The lowest BCUT2D eigenvalue weighted by molar-refractivity contribution is -0.121. The average molecular weight is 391 g/mol. The van der Waals surface area contributed by atoms with Crippen LogP contribution >= 0.6 is 0 Å². The zero-order chi connectivity index (χ0) is 20.1. The number of para-hydroxylation sites is 1. The van der Waals surface area contributed by atoms with Crippen LogP contribution in [0, 0.1) is 5.92 Å². The van der Waals surface area contributed by atoms with Crippen molar-refractivity contribution in [3.63, 3.8) is 0 Å². The topological polar surface area (TPSA) is 105 Å². The number of aromatic nitrogens is 4. The molecule has 0 radical (unpaired) electrons. The number of nitrogens with one attached hydrogen (secondary N) is 2. The summed E-state index contributed by atoms with van der Waals surface area (Å²) in [6, 6.07) is 16.4. The molecule has 148 valence electrons. The van der Waals surface area contributed by atoms with Crippen molar-refractivity contribution in [2.75, 3.05) is 23.7 Å². The molecular formula is C20H21N7O2.